The topological polar surface area (TPSA) is 69.6 Å². The number of carboxylic acids is 1. The van der Waals surface area contributed by atoms with Crippen LogP contribution in [-0.4, -0.2) is 40.6 Å². The van der Waals surface area contributed by atoms with E-state index in [1.807, 2.05) is 13.8 Å². The molecule has 2 N–H and O–H groups in total. The van der Waals surface area contributed by atoms with Gasteiger partial charge in [-0.05, 0) is 57.8 Å². The first-order valence-electron chi connectivity index (χ1n) is 7.67. The molecule has 20 heavy (non-hydrogen) atoms. The van der Waals surface area contributed by atoms with Gasteiger partial charge in [0.05, 0.1) is 0 Å². The number of hydrogen-bond acceptors (Lipinski definition) is 2. The van der Waals surface area contributed by atoms with Gasteiger partial charge in [0.15, 0.2) is 0 Å². The molecular weight excluding hydrogens is 256 g/mol. The minimum absolute atomic E-state index is 0.113. The minimum Gasteiger partial charge on any atom is -0.480 e. The van der Waals surface area contributed by atoms with Crippen molar-refractivity contribution >= 4 is 12.0 Å². The number of nitrogens with zero attached hydrogens (tertiary/aromatic N) is 1. The van der Waals surface area contributed by atoms with Gasteiger partial charge >= 0.3 is 12.0 Å². The number of fused-ring (bicyclic) bond motifs is 2. The number of carbonyl (C=O) groups is 2. The molecule has 0 radical (unpaired) electrons. The average molecular weight is 282 g/mol. The van der Waals surface area contributed by atoms with E-state index in [1.165, 1.54) is 30.6 Å². The van der Waals surface area contributed by atoms with Gasteiger partial charge in [-0.2, -0.15) is 0 Å². The van der Waals surface area contributed by atoms with Crippen LogP contribution in [0.25, 0.3) is 0 Å². The monoisotopic (exact) mass is 282 g/mol. The third-order valence-electron chi connectivity index (χ3n) is 4.98. The van der Waals surface area contributed by atoms with Crippen molar-refractivity contribution in [1.29, 1.82) is 0 Å². The molecule has 2 fully saturated rings. The smallest absolute Gasteiger partial charge is 0.323 e. The quantitative estimate of drug-likeness (QED) is 0.813. The van der Waals surface area contributed by atoms with Crippen molar-refractivity contribution in [2.24, 2.45) is 17.8 Å². The lowest BCUT2D eigenvalue weighted by molar-refractivity contribution is -0.138. The fourth-order valence-corrected chi connectivity index (χ4v) is 3.93. The Kier molecular flexibility index (Phi) is 4.55. The van der Waals surface area contributed by atoms with Gasteiger partial charge in [-0.15, -0.1) is 0 Å². The minimum atomic E-state index is -0.971. The molecule has 2 bridgehead atoms. The second-order valence-electron chi connectivity index (χ2n) is 6.69. The van der Waals surface area contributed by atoms with Gasteiger partial charge in [-0.1, -0.05) is 6.42 Å². The second kappa shape index (κ2) is 6.02. The Bertz CT molecular complexity index is 383. The fraction of sp³-hybridized carbons (Fsp3) is 0.867. The van der Waals surface area contributed by atoms with E-state index in [1.54, 1.807) is 0 Å². The van der Waals surface area contributed by atoms with Crippen LogP contribution in [0, 0.1) is 17.8 Å². The van der Waals surface area contributed by atoms with E-state index in [4.69, 9.17) is 5.11 Å². The van der Waals surface area contributed by atoms with Gasteiger partial charge in [0.2, 0.25) is 0 Å². The van der Waals surface area contributed by atoms with Crippen LogP contribution in [0.1, 0.15) is 46.5 Å². The number of hydrogen-bond donors (Lipinski definition) is 2. The molecule has 0 aromatic rings. The van der Waals surface area contributed by atoms with Crippen LogP contribution in [-0.2, 0) is 4.79 Å². The Balaban J connectivity index is 1.90. The SMILES string of the molecule is CC(NC(=O)N(CC(=O)O)C(C)C)C1CC2CCC1C2. The van der Waals surface area contributed by atoms with Gasteiger partial charge in [0.25, 0.3) is 0 Å². The van der Waals surface area contributed by atoms with Gasteiger partial charge in [0, 0.05) is 12.1 Å². The number of carboxylic acid groups (broad SMARTS) is 1. The van der Waals surface area contributed by atoms with Crippen molar-refractivity contribution in [2.45, 2.75) is 58.5 Å². The third-order valence-corrected chi connectivity index (χ3v) is 4.98. The summed E-state index contributed by atoms with van der Waals surface area (Å²) in [6, 6.07) is -0.233. The molecule has 0 aliphatic heterocycles. The first-order chi connectivity index (χ1) is 9.38. The molecular formula is C15H26N2O3. The average Bonchev–Trinajstić information content (AvgIpc) is 2.97. The molecule has 2 rings (SSSR count). The zero-order valence-corrected chi connectivity index (χ0v) is 12.6. The zero-order valence-electron chi connectivity index (χ0n) is 12.6. The largest absolute Gasteiger partial charge is 0.480 e. The third kappa shape index (κ3) is 3.25. The van der Waals surface area contributed by atoms with E-state index in [9.17, 15) is 9.59 Å². The summed E-state index contributed by atoms with van der Waals surface area (Å²) in [5.74, 6) is 1.20. The highest BCUT2D eigenvalue weighted by atomic mass is 16.4. The maximum absolute atomic E-state index is 12.2. The number of rotatable bonds is 5. The van der Waals surface area contributed by atoms with Crippen LogP contribution in [0.5, 0.6) is 0 Å². The predicted octanol–water partition coefficient (Wildman–Crippen LogP) is 2.32. The summed E-state index contributed by atoms with van der Waals surface area (Å²) >= 11 is 0. The molecule has 0 saturated heterocycles. The predicted molar refractivity (Wildman–Crippen MR) is 76.4 cm³/mol. The summed E-state index contributed by atoms with van der Waals surface area (Å²) in [6.45, 7) is 5.49. The Labute approximate surface area is 120 Å². The molecule has 2 aliphatic rings. The lowest BCUT2D eigenvalue weighted by Crippen LogP contribution is -2.51. The fourth-order valence-electron chi connectivity index (χ4n) is 3.93. The molecule has 0 aromatic heterocycles. The molecule has 0 aromatic carbocycles. The standard InChI is InChI=1S/C15H26N2O3/c1-9(2)17(8-14(18)19)15(20)16-10(3)13-7-11-4-5-12(13)6-11/h9-13H,4-8H2,1-3H3,(H,16,20)(H,18,19). The highest BCUT2D eigenvalue weighted by molar-refractivity contribution is 5.80. The van der Waals surface area contributed by atoms with E-state index >= 15 is 0 Å². The molecule has 0 spiro atoms. The number of amides is 2. The lowest BCUT2D eigenvalue weighted by Gasteiger charge is -2.32. The van der Waals surface area contributed by atoms with Crippen molar-refractivity contribution in [3.63, 3.8) is 0 Å². The highest BCUT2D eigenvalue weighted by Crippen LogP contribution is 2.49. The summed E-state index contributed by atoms with van der Waals surface area (Å²) < 4.78 is 0. The molecule has 0 heterocycles. The van der Waals surface area contributed by atoms with Crippen LogP contribution >= 0.6 is 0 Å². The Morgan fingerprint density at radius 2 is 1.95 bits per heavy atom. The number of nitrogens with one attached hydrogen (secondary N) is 1. The zero-order chi connectivity index (χ0) is 14.9. The van der Waals surface area contributed by atoms with Gasteiger partial charge < -0.3 is 15.3 Å². The van der Waals surface area contributed by atoms with Crippen molar-refractivity contribution in [1.82, 2.24) is 10.2 Å². The van der Waals surface area contributed by atoms with Gasteiger partial charge in [0.1, 0.15) is 6.54 Å². The molecule has 5 heteroatoms. The second-order valence-corrected chi connectivity index (χ2v) is 6.69. The first kappa shape index (κ1) is 15.1. The van der Waals surface area contributed by atoms with Crippen molar-refractivity contribution in [2.75, 3.05) is 6.54 Å². The summed E-state index contributed by atoms with van der Waals surface area (Å²) in [6.07, 6.45) is 5.16. The van der Waals surface area contributed by atoms with E-state index in [0.717, 1.165) is 11.8 Å². The van der Waals surface area contributed by atoms with Crippen molar-refractivity contribution < 1.29 is 14.7 Å². The molecule has 114 valence electrons. The maximum atomic E-state index is 12.2. The summed E-state index contributed by atoms with van der Waals surface area (Å²) in [4.78, 5) is 24.5. The lowest BCUT2D eigenvalue weighted by atomic mass is 9.84. The van der Waals surface area contributed by atoms with Crippen LogP contribution in [0.4, 0.5) is 4.79 Å². The van der Waals surface area contributed by atoms with Crippen LogP contribution in [0.3, 0.4) is 0 Å². The molecule has 4 unspecified atom stereocenters. The Hall–Kier alpha value is -1.26. The normalized spacial score (nSPS) is 29.5. The van der Waals surface area contributed by atoms with E-state index in [0.29, 0.717) is 5.92 Å². The van der Waals surface area contributed by atoms with Crippen molar-refractivity contribution in [3.05, 3.63) is 0 Å². The number of aliphatic carboxylic acids is 1. The molecule has 5 nitrogen and oxygen atoms in total. The number of carbonyl (C=O) groups excluding carboxylic acids is 1. The van der Waals surface area contributed by atoms with E-state index in [-0.39, 0.29) is 24.7 Å². The molecule has 2 amide bonds. The Morgan fingerprint density at radius 1 is 1.25 bits per heavy atom. The molecule has 2 aliphatic carbocycles. The summed E-state index contributed by atoms with van der Waals surface area (Å²) in [5, 5.41) is 11.9. The van der Waals surface area contributed by atoms with Gasteiger partial charge in [-0.25, -0.2) is 4.79 Å². The van der Waals surface area contributed by atoms with Crippen LogP contribution in [0.15, 0.2) is 0 Å². The van der Waals surface area contributed by atoms with Crippen LogP contribution in [0.2, 0.25) is 0 Å². The maximum Gasteiger partial charge on any atom is 0.323 e. The summed E-state index contributed by atoms with van der Waals surface area (Å²) in [7, 11) is 0. The molecule has 2 saturated carbocycles. The summed E-state index contributed by atoms with van der Waals surface area (Å²) in [5.41, 5.74) is 0. The first-order valence-corrected chi connectivity index (χ1v) is 7.67. The van der Waals surface area contributed by atoms with Crippen LogP contribution < -0.4 is 5.32 Å². The Morgan fingerprint density at radius 3 is 2.40 bits per heavy atom. The van der Waals surface area contributed by atoms with E-state index in [2.05, 4.69) is 12.2 Å². The van der Waals surface area contributed by atoms with E-state index < -0.39 is 5.97 Å². The highest BCUT2D eigenvalue weighted by Gasteiger charge is 2.42. The number of urea groups is 1. The molecule has 4 atom stereocenters. The van der Waals surface area contributed by atoms with Gasteiger partial charge in [-0.3, -0.25) is 4.79 Å². The van der Waals surface area contributed by atoms with Crippen molar-refractivity contribution in [3.8, 4) is 0 Å².